The van der Waals surface area contributed by atoms with Gasteiger partial charge in [-0.1, -0.05) is 91.0 Å². The van der Waals surface area contributed by atoms with Crippen LogP contribution in [0.15, 0.2) is 107 Å². The number of hydrogen-bond donors (Lipinski definition) is 2. The zero-order valence-corrected chi connectivity index (χ0v) is 23.0. The number of alkyl halides is 3. The highest BCUT2D eigenvalue weighted by atomic mass is 19.4. The number of rotatable bonds is 8. The van der Waals surface area contributed by atoms with Crippen LogP contribution >= 0.6 is 0 Å². The fraction of sp³-hybridized carbons (Fsp3) is 0.281. The van der Waals surface area contributed by atoms with Gasteiger partial charge in [-0.2, -0.15) is 13.2 Å². The molecule has 0 aliphatic carbocycles. The van der Waals surface area contributed by atoms with Crippen molar-refractivity contribution in [1.29, 1.82) is 0 Å². The number of halogens is 3. The molecule has 0 amide bonds. The smallest absolute Gasteiger partial charge is 0.422 e. The summed E-state index contributed by atoms with van der Waals surface area (Å²) in [6, 6.07) is 28.8. The number of esters is 1. The molecular formula is C32H30F3N3O5. The maximum Gasteiger partial charge on any atom is 0.422 e. The highest BCUT2D eigenvalue weighted by molar-refractivity contribution is 5.88. The zero-order chi connectivity index (χ0) is 30.6. The van der Waals surface area contributed by atoms with Crippen LogP contribution in [0.5, 0.6) is 0 Å². The first-order chi connectivity index (χ1) is 20.6. The topological polar surface area (TPSA) is 105 Å². The normalized spacial score (nSPS) is 17.9. The van der Waals surface area contributed by atoms with E-state index in [1.165, 1.54) is 0 Å². The highest BCUT2D eigenvalue weighted by Crippen LogP contribution is 2.45. The van der Waals surface area contributed by atoms with Gasteiger partial charge in [0.15, 0.2) is 6.61 Å². The number of hydrogen-bond acceptors (Lipinski definition) is 6. The van der Waals surface area contributed by atoms with Crippen molar-refractivity contribution in [2.75, 3.05) is 26.3 Å². The molecule has 1 fully saturated rings. The molecule has 1 saturated heterocycles. The molecule has 0 unspecified atom stereocenters. The number of nitrogens with zero attached hydrogens (tertiary/aromatic N) is 2. The molecule has 2 atom stereocenters. The van der Waals surface area contributed by atoms with E-state index < -0.39 is 47.1 Å². The number of aromatic nitrogens is 2. The number of piperidine rings is 1. The maximum absolute atomic E-state index is 13.1. The number of likely N-dealkylation sites (tertiary alicyclic amines) is 1. The molecule has 43 heavy (non-hydrogen) atoms. The summed E-state index contributed by atoms with van der Waals surface area (Å²) in [5.41, 5.74) is -0.754. The van der Waals surface area contributed by atoms with Crippen molar-refractivity contribution in [3.05, 3.63) is 140 Å². The fourth-order valence-corrected chi connectivity index (χ4v) is 6.00. The summed E-state index contributed by atoms with van der Waals surface area (Å²) in [5, 5.41) is 10.4. The zero-order valence-electron chi connectivity index (χ0n) is 23.0. The predicted molar refractivity (Wildman–Crippen MR) is 153 cm³/mol. The van der Waals surface area contributed by atoms with Crippen LogP contribution < -0.4 is 11.2 Å². The number of carbonyl (C=O) groups is 1. The van der Waals surface area contributed by atoms with Gasteiger partial charge < -0.3 is 9.84 Å². The van der Waals surface area contributed by atoms with E-state index in [0.717, 1.165) is 27.5 Å². The number of nitrogens with one attached hydrogen (secondary N) is 1. The van der Waals surface area contributed by atoms with Crippen LogP contribution in [0.25, 0.3) is 0 Å². The van der Waals surface area contributed by atoms with E-state index in [9.17, 15) is 32.7 Å². The molecule has 224 valence electrons. The molecule has 1 aliphatic rings. The number of benzene rings is 3. The van der Waals surface area contributed by atoms with Crippen LogP contribution in [0.4, 0.5) is 13.2 Å². The first-order valence-corrected chi connectivity index (χ1v) is 13.7. The lowest BCUT2D eigenvalue weighted by Gasteiger charge is -2.50. The van der Waals surface area contributed by atoms with Crippen molar-refractivity contribution in [3.8, 4) is 0 Å². The Kier molecular flexibility index (Phi) is 8.65. The Morgan fingerprint density at radius 1 is 0.860 bits per heavy atom. The highest BCUT2D eigenvalue weighted by Gasteiger charge is 2.46. The predicted octanol–water partition coefficient (Wildman–Crippen LogP) is 4.10. The molecule has 4 aromatic rings. The summed E-state index contributed by atoms with van der Waals surface area (Å²) in [4.78, 5) is 42.2. The summed E-state index contributed by atoms with van der Waals surface area (Å²) >= 11 is 0. The number of aliphatic hydroxyl groups is 1. The summed E-state index contributed by atoms with van der Waals surface area (Å²) < 4.78 is 43.5. The minimum atomic E-state index is -4.79. The van der Waals surface area contributed by atoms with E-state index in [-0.39, 0.29) is 19.1 Å². The Balaban J connectivity index is 1.65. The van der Waals surface area contributed by atoms with Crippen molar-refractivity contribution >= 4 is 5.97 Å². The molecule has 0 radical (unpaired) electrons. The largest absolute Gasteiger partial charge is 0.452 e. The van der Waals surface area contributed by atoms with Gasteiger partial charge in [-0.15, -0.1) is 0 Å². The third-order valence-electron chi connectivity index (χ3n) is 7.77. The SMILES string of the molecule is O=C(OCC(F)(F)F)c1cn([C@@H]2C[C@H](CO)CN(C(c3ccccc3)(c3ccccc3)c3ccccc3)C2)c(=O)[nH]c1=O. The van der Waals surface area contributed by atoms with E-state index in [2.05, 4.69) is 14.6 Å². The molecule has 1 aliphatic heterocycles. The quantitative estimate of drug-likeness (QED) is 0.236. The van der Waals surface area contributed by atoms with E-state index in [4.69, 9.17) is 0 Å². The van der Waals surface area contributed by atoms with Gasteiger partial charge in [0.1, 0.15) is 5.56 Å². The lowest BCUT2D eigenvalue weighted by atomic mass is 9.73. The molecule has 2 heterocycles. The van der Waals surface area contributed by atoms with Gasteiger partial charge in [0.25, 0.3) is 5.56 Å². The molecular weight excluding hydrogens is 563 g/mol. The molecule has 8 nitrogen and oxygen atoms in total. The fourth-order valence-electron chi connectivity index (χ4n) is 6.00. The summed E-state index contributed by atoms with van der Waals surface area (Å²) in [7, 11) is 0. The number of H-pyrrole nitrogens is 1. The van der Waals surface area contributed by atoms with Crippen LogP contribution in [-0.4, -0.2) is 58.0 Å². The first-order valence-electron chi connectivity index (χ1n) is 13.7. The van der Waals surface area contributed by atoms with Crippen molar-refractivity contribution in [2.45, 2.75) is 24.2 Å². The average molecular weight is 594 g/mol. The van der Waals surface area contributed by atoms with Crippen LogP contribution in [0.2, 0.25) is 0 Å². The van der Waals surface area contributed by atoms with E-state index in [1.54, 1.807) is 0 Å². The van der Waals surface area contributed by atoms with Gasteiger partial charge in [0.2, 0.25) is 0 Å². The maximum atomic E-state index is 13.1. The van der Waals surface area contributed by atoms with Crippen molar-refractivity contribution < 1.29 is 27.8 Å². The standard InChI is InChI=1S/C32H30F3N3O5/c33-31(34,35)21-43-29(41)27-19-38(30(42)36-28(27)40)26-16-22(20-39)17-37(18-26)32(23-10-4-1-5-11-23,24-12-6-2-7-13-24)25-14-8-3-9-15-25/h1-15,19,22,26,39H,16-18,20-21H2,(H,36,40,42)/t22-,26+/m0/s1. The number of ether oxygens (including phenoxy) is 1. The molecule has 0 spiro atoms. The van der Waals surface area contributed by atoms with Crippen molar-refractivity contribution in [2.24, 2.45) is 5.92 Å². The Morgan fingerprint density at radius 2 is 1.37 bits per heavy atom. The van der Waals surface area contributed by atoms with Crippen molar-refractivity contribution in [1.82, 2.24) is 14.5 Å². The lowest BCUT2D eigenvalue weighted by Crippen LogP contribution is -2.56. The van der Waals surface area contributed by atoms with Gasteiger partial charge in [0.05, 0.1) is 11.6 Å². The van der Waals surface area contributed by atoms with Gasteiger partial charge in [-0.25, -0.2) is 9.59 Å². The second-order valence-corrected chi connectivity index (χ2v) is 10.6. The lowest BCUT2D eigenvalue weighted by molar-refractivity contribution is -0.161. The molecule has 5 rings (SSSR count). The molecule has 2 N–H and O–H groups in total. The number of aliphatic hydroxyl groups excluding tert-OH is 1. The van der Waals surface area contributed by atoms with E-state index in [0.29, 0.717) is 13.0 Å². The third-order valence-corrected chi connectivity index (χ3v) is 7.77. The second-order valence-electron chi connectivity index (χ2n) is 10.6. The minimum absolute atomic E-state index is 0.208. The minimum Gasteiger partial charge on any atom is -0.452 e. The van der Waals surface area contributed by atoms with Crippen LogP contribution in [0.3, 0.4) is 0 Å². The Bertz CT molecular complexity index is 1560. The van der Waals surface area contributed by atoms with Gasteiger partial charge in [-0.3, -0.25) is 19.2 Å². The average Bonchev–Trinajstić information content (AvgIpc) is 3.01. The molecule has 0 bridgehead atoms. The van der Waals surface area contributed by atoms with Gasteiger partial charge in [-0.05, 0) is 29.0 Å². The Hall–Kier alpha value is -4.48. The van der Waals surface area contributed by atoms with Crippen LogP contribution in [-0.2, 0) is 10.3 Å². The van der Waals surface area contributed by atoms with E-state index >= 15 is 0 Å². The van der Waals surface area contributed by atoms with Crippen LogP contribution in [0.1, 0.15) is 39.5 Å². The van der Waals surface area contributed by atoms with Crippen LogP contribution in [0, 0.1) is 5.92 Å². The van der Waals surface area contributed by atoms with Gasteiger partial charge >= 0.3 is 17.8 Å². The molecule has 3 aromatic carbocycles. The molecule has 1 aromatic heterocycles. The number of carbonyl (C=O) groups excluding carboxylic acids is 1. The Morgan fingerprint density at radius 3 is 1.84 bits per heavy atom. The Labute approximate surface area is 245 Å². The first kappa shape index (κ1) is 30.0. The third kappa shape index (κ3) is 6.18. The summed E-state index contributed by atoms with van der Waals surface area (Å²) in [5.74, 6) is -1.82. The number of aromatic amines is 1. The van der Waals surface area contributed by atoms with E-state index in [1.807, 2.05) is 91.0 Å². The van der Waals surface area contributed by atoms with Crippen molar-refractivity contribution in [3.63, 3.8) is 0 Å². The van der Waals surface area contributed by atoms with Gasteiger partial charge in [0, 0.05) is 25.9 Å². The second kappa shape index (κ2) is 12.4. The molecule has 0 saturated carbocycles. The molecule has 11 heteroatoms. The summed E-state index contributed by atoms with van der Waals surface area (Å²) in [6.07, 6.45) is -3.52. The monoisotopic (exact) mass is 593 g/mol. The summed E-state index contributed by atoms with van der Waals surface area (Å²) in [6.45, 7) is -1.41.